The average molecular weight is 248 g/mol. The molecule has 2 rings (SSSR count). The molecule has 1 aromatic rings. The second-order valence-corrected chi connectivity index (χ2v) is 5.37. The quantitative estimate of drug-likeness (QED) is 0.860. The van der Waals surface area contributed by atoms with Gasteiger partial charge in [-0.25, -0.2) is 0 Å². The summed E-state index contributed by atoms with van der Waals surface area (Å²) in [6.07, 6.45) is 0. The van der Waals surface area contributed by atoms with E-state index in [0.29, 0.717) is 0 Å². The second kappa shape index (κ2) is 4.98. The van der Waals surface area contributed by atoms with Crippen molar-refractivity contribution in [1.82, 2.24) is 0 Å². The summed E-state index contributed by atoms with van der Waals surface area (Å²) in [6.45, 7) is 8.27. The molecule has 0 unspecified atom stereocenters. The molecule has 0 spiro atoms. The van der Waals surface area contributed by atoms with Crippen LogP contribution in [0.15, 0.2) is 18.2 Å². The first-order valence-corrected chi connectivity index (χ1v) is 6.18. The van der Waals surface area contributed by atoms with Gasteiger partial charge in [-0.2, -0.15) is 0 Å². The number of carbonyl (C=O) groups excluding carboxylic acids is 1. The van der Waals surface area contributed by atoms with Gasteiger partial charge in [0.25, 0.3) is 0 Å². The van der Waals surface area contributed by atoms with E-state index in [0.717, 1.165) is 36.7 Å². The van der Waals surface area contributed by atoms with Crippen molar-refractivity contribution in [2.24, 2.45) is 5.41 Å². The van der Waals surface area contributed by atoms with Gasteiger partial charge in [-0.3, -0.25) is 4.79 Å². The van der Waals surface area contributed by atoms with Crippen molar-refractivity contribution in [3.63, 3.8) is 0 Å². The first-order valence-electron chi connectivity index (χ1n) is 6.18. The van der Waals surface area contributed by atoms with Gasteiger partial charge in [-0.1, -0.05) is 6.92 Å². The van der Waals surface area contributed by atoms with E-state index in [1.54, 1.807) is 0 Å². The van der Waals surface area contributed by atoms with Crippen LogP contribution in [0.2, 0.25) is 0 Å². The van der Waals surface area contributed by atoms with Crippen LogP contribution in [0.25, 0.3) is 0 Å². The molecule has 0 saturated carbocycles. The molecule has 0 bridgehead atoms. The minimum Gasteiger partial charge on any atom is -0.384 e. The maximum atomic E-state index is 11.0. The van der Waals surface area contributed by atoms with Crippen LogP contribution in [-0.4, -0.2) is 25.7 Å². The van der Waals surface area contributed by atoms with E-state index >= 15 is 0 Å². The van der Waals surface area contributed by atoms with Gasteiger partial charge in [-0.05, 0) is 30.7 Å². The zero-order chi connectivity index (χ0) is 13.2. The van der Waals surface area contributed by atoms with E-state index in [4.69, 9.17) is 4.74 Å². The normalized spacial score (nSPS) is 16.8. The minimum absolute atomic E-state index is 0.0436. The summed E-state index contributed by atoms with van der Waals surface area (Å²) in [6, 6.07) is 5.97. The lowest BCUT2D eigenvalue weighted by Crippen LogP contribution is -2.45. The number of hydrogen-bond acceptors (Lipinski definition) is 3. The van der Waals surface area contributed by atoms with E-state index in [-0.39, 0.29) is 11.3 Å². The monoisotopic (exact) mass is 248 g/mol. The third-order valence-corrected chi connectivity index (χ3v) is 3.16. The number of benzene rings is 1. The van der Waals surface area contributed by atoms with Gasteiger partial charge in [0.15, 0.2) is 0 Å². The Labute approximate surface area is 108 Å². The van der Waals surface area contributed by atoms with Crippen molar-refractivity contribution in [3.8, 4) is 0 Å². The summed E-state index contributed by atoms with van der Waals surface area (Å²) in [4.78, 5) is 11.0. The first kappa shape index (κ1) is 12.9. The molecule has 1 amide bonds. The Hall–Kier alpha value is -1.55. The van der Waals surface area contributed by atoms with Crippen molar-refractivity contribution in [2.75, 3.05) is 30.4 Å². The summed E-state index contributed by atoms with van der Waals surface area (Å²) in [5, 5.41) is 6.22. The van der Waals surface area contributed by atoms with E-state index in [1.807, 2.05) is 25.1 Å². The summed E-state index contributed by atoms with van der Waals surface area (Å²) in [5.74, 6) is -0.0436. The number of aryl methyl sites for hydroxylation is 1. The van der Waals surface area contributed by atoms with Gasteiger partial charge in [0.1, 0.15) is 0 Å². The van der Waals surface area contributed by atoms with Crippen LogP contribution < -0.4 is 10.6 Å². The molecule has 98 valence electrons. The molecule has 2 N–H and O–H groups in total. The fourth-order valence-corrected chi connectivity index (χ4v) is 1.97. The molecule has 0 aliphatic carbocycles. The highest BCUT2D eigenvalue weighted by atomic mass is 16.5. The average Bonchev–Trinajstić information content (AvgIpc) is 2.26. The maximum absolute atomic E-state index is 11.0. The number of anilines is 2. The molecule has 1 heterocycles. The second-order valence-electron chi connectivity index (χ2n) is 5.37. The molecule has 0 radical (unpaired) electrons. The van der Waals surface area contributed by atoms with Crippen LogP contribution >= 0.6 is 0 Å². The number of amides is 1. The summed E-state index contributed by atoms with van der Waals surface area (Å²) in [7, 11) is 0. The Balaban J connectivity index is 1.97. The topological polar surface area (TPSA) is 50.4 Å². The number of hydrogen-bond donors (Lipinski definition) is 2. The molecular weight excluding hydrogens is 228 g/mol. The van der Waals surface area contributed by atoms with Crippen LogP contribution in [-0.2, 0) is 9.53 Å². The third-order valence-electron chi connectivity index (χ3n) is 3.16. The summed E-state index contributed by atoms with van der Waals surface area (Å²) < 4.78 is 5.23. The zero-order valence-corrected chi connectivity index (χ0v) is 11.2. The molecule has 4 nitrogen and oxygen atoms in total. The fraction of sp³-hybridized carbons (Fsp3) is 0.500. The molecule has 18 heavy (non-hydrogen) atoms. The predicted molar refractivity (Wildman–Crippen MR) is 72.9 cm³/mol. The highest BCUT2D eigenvalue weighted by Crippen LogP contribution is 2.27. The molecule has 1 aromatic carbocycles. The van der Waals surface area contributed by atoms with Gasteiger partial charge in [0, 0.05) is 30.3 Å². The predicted octanol–water partition coefficient (Wildman–Crippen LogP) is 2.40. The smallest absolute Gasteiger partial charge is 0.221 e. The lowest BCUT2D eigenvalue weighted by Gasteiger charge is -2.38. The Morgan fingerprint density at radius 1 is 1.44 bits per heavy atom. The van der Waals surface area contributed by atoms with Gasteiger partial charge in [0.2, 0.25) is 5.91 Å². The highest BCUT2D eigenvalue weighted by Gasteiger charge is 2.32. The maximum Gasteiger partial charge on any atom is 0.221 e. The van der Waals surface area contributed by atoms with Gasteiger partial charge >= 0.3 is 0 Å². The number of carbonyl (C=O) groups is 1. The molecule has 1 saturated heterocycles. The van der Waals surface area contributed by atoms with E-state index in [9.17, 15) is 4.79 Å². The van der Waals surface area contributed by atoms with Gasteiger partial charge in [-0.15, -0.1) is 0 Å². The Bertz CT molecular complexity index is 453. The van der Waals surface area contributed by atoms with Crippen molar-refractivity contribution in [3.05, 3.63) is 23.8 Å². The van der Waals surface area contributed by atoms with Crippen LogP contribution in [0, 0.1) is 12.3 Å². The van der Waals surface area contributed by atoms with Crippen LogP contribution in [0.1, 0.15) is 19.4 Å². The Kier molecular flexibility index (Phi) is 3.57. The SMILES string of the molecule is CC(=O)Nc1ccc(NCC2(C)COC2)cc1C. The van der Waals surface area contributed by atoms with Gasteiger partial charge < -0.3 is 15.4 Å². The van der Waals surface area contributed by atoms with E-state index in [2.05, 4.69) is 17.6 Å². The largest absolute Gasteiger partial charge is 0.384 e. The third kappa shape index (κ3) is 3.01. The lowest BCUT2D eigenvalue weighted by atomic mass is 9.88. The number of rotatable bonds is 4. The van der Waals surface area contributed by atoms with Crippen molar-refractivity contribution in [1.29, 1.82) is 0 Å². The van der Waals surface area contributed by atoms with E-state index < -0.39 is 0 Å². The van der Waals surface area contributed by atoms with Crippen molar-refractivity contribution >= 4 is 17.3 Å². The molecule has 0 aromatic heterocycles. The summed E-state index contributed by atoms with van der Waals surface area (Å²) >= 11 is 0. The molecule has 1 aliphatic heterocycles. The fourth-order valence-electron chi connectivity index (χ4n) is 1.97. The molecule has 4 heteroatoms. The van der Waals surface area contributed by atoms with Crippen molar-refractivity contribution < 1.29 is 9.53 Å². The standard InChI is InChI=1S/C14H20N2O2/c1-10-6-12(4-5-13(10)16-11(2)17)15-7-14(3)8-18-9-14/h4-6,15H,7-9H2,1-3H3,(H,16,17). The minimum atomic E-state index is -0.0436. The Morgan fingerprint density at radius 3 is 2.67 bits per heavy atom. The van der Waals surface area contributed by atoms with E-state index in [1.165, 1.54) is 6.92 Å². The number of nitrogens with one attached hydrogen (secondary N) is 2. The van der Waals surface area contributed by atoms with Crippen LogP contribution in [0.5, 0.6) is 0 Å². The number of ether oxygens (including phenoxy) is 1. The molecule has 1 aliphatic rings. The first-order chi connectivity index (χ1) is 8.48. The highest BCUT2D eigenvalue weighted by molar-refractivity contribution is 5.89. The Morgan fingerprint density at radius 2 is 2.17 bits per heavy atom. The molecular formula is C14H20N2O2. The van der Waals surface area contributed by atoms with Gasteiger partial charge in [0.05, 0.1) is 13.2 Å². The summed E-state index contributed by atoms with van der Waals surface area (Å²) in [5.41, 5.74) is 3.26. The molecule has 0 atom stereocenters. The molecule has 1 fully saturated rings. The van der Waals surface area contributed by atoms with Crippen LogP contribution in [0.3, 0.4) is 0 Å². The lowest BCUT2D eigenvalue weighted by molar-refractivity contribution is -0.114. The van der Waals surface area contributed by atoms with Crippen LogP contribution in [0.4, 0.5) is 11.4 Å². The van der Waals surface area contributed by atoms with Crippen molar-refractivity contribution in [2.45, 2.75) is 20.8 Å². The zero-order valence-electron chi connectivity index (χ0n) is 11.2.